The number of ketones is 1. The number of aliphatic hydroxyl groups is 3. The van der Waals surface area contributed by atoms with Gasteiger partial charge in [0, 0.05) is 25.2 Å². The van der Waals surface area contributed by atoms with Gasteiger partial charge in [0.1, 0.15) is 18.5 Å². The van der Waals surface area contributed by atoms with Gasteiger partial charge in [-0.05, 0) is 70.1 Å². The molecule has 7 atom stereocenters. The van der Waals surface area contributed by atoms with E-state index in [0.717, 1.165) is 57.8 Å². The molecule has 378 valence electrons. The normalized spacial score (nSPS) is 19.6. The van der Waals surface area contributed by atoms with Crippen LogP contribution < -0.4 is 0 Å². The second-order valence-electron chi connectivity index (χ2n) is 16.5. The van der Waals surface area contributed by atoms with Crippen molar-refractivity contribution in [1.29, 1.82) is 0 Å². The Morgan fingerprint density at radius 2 is 1.23 bits per heavy atom. The predicted molar refractivity (Wildman–Crippen MR) is 254 cm³/mol. The first kappa shape index (κ1) is 61.2. The monoisotopic (exact) mass is 974 g/mol. The summed E-state index contributed by atoms with van der Waals surface area (Å²) in [6, 6.07) is 0. The number of Topliss-reactive ketones (excluding diaryl/α,β-unsaturated/α-hetero) is 1. The largest absolute Gasteiger partial charge is 0.472 e. The number of rotatable bonds is 40. The molecule has 0 heterocycles. The van der Waals surface area contributed by atoms with E-state index in [2.05, 4.69) is 65.4 Å². The minimum Gasteiger partial charge on any atom is -0.462 e. The van der Waals surface area contributed by atoms with E-state index in [1.807, 2.05) is 18.2 Å². The lowest BCUT2D eigenvalue weighted by molar-refractivity contribution is -0.161. The number of ether oxygens (including phenoxy) is 2. The van der Waals surface area contributed by atoms with E-state index >= 15 is 0 Å². The topological polar surface area (TPSA) is 253 Å². The third-order valence-corrected chi connectivity index (χ3v) is 11.9. The molecule has 18 heteroatoms. The highest BCUT2D eigenvalue weighted by atomic mass is 31.2. The molecule has 0 aromatic heterocycles. The molecule has 16 nitrogen and oxygen atoms in total. The fourth-order valence-electron chi connectivity index (χ4n) is 6.82. The molecule has 1 aliphatic rings. The van der Waals surface area contributed by atoms with Gasteiger partial charge in [-0.25, -0.2) is 9.13 Å². The summed E-state index contributed by atoms with van der Waals surface area (Å²) < 4.78 is 47.8. The number of carbonyl (C=O) groups is 3. The minimum atomic E-state index is -4.91. The first-order valence-electron chi connectivity index (χ1n) is 23.7. The van der Waals surface area contributed by atoms with Crippen LogP contribution in [0, 0.1) is 11.8 Å². The van der Waals surface area contributed by atoms with E-state index in [9.17, 15) is 43.7 Å². The summed E-state index contributed by atoms with van der Waals surface area (Å²) >= 11 is 0. The first-order valence-corrected chi connectivity index (χ1v) is 26.8. The molecule has 0 bridgehead atoms. The van der Waals surface area contributed by atoms with Crippen molar-refractivity contribution in [3.05, 3.63) is 72.9 Å². The second kappa shape index (κ2) is 38.1. The minimum absolute atomic E-state index is 0.0354. The fraction of sp³-hybridized carbons (Fsp3) is 0.688. The van der Waals surface area contributed by atoms with Gasteiger partial charge in [0.05, 0.1) is 32.0 Å². The number of allylic oxidation sites excluding steroid dienone is 11. The van der Waals surface area contributed by atoms with Gasteiger partial charge < -0.3 is 39.5 Å². The number of esters is 2. The number of unbranched alkanes of at least 4 members (excludes halogenated alkanes) is 8. The van der Waals surface area contributed by atoms with Crippen LogP contribution in [0.3, 0.4) is 0 Å². The van der Waals surface area contributed by atoms with Crippen molar-refractivity contribution in [3.8, 4) is 0 Å². The van der Waals surface area contributed by atoms with Crippen LogP contribution in [0.1, 0.15) is 149 Å². The van der Waals surface area contributed by atoms with Crippen LogP contribution in [-0.2, 0) is 46.6 Å². The second-order valence-corrected chi connectivity index (χ2v) is 19.2. The van der Waals surface area contributed by atoms with Crippen molar-refractivity contribution in [2.24, 2.45) is 11.8 Å². The maximum atomic E-state index is 12.7. The molecule has 0 spiro atoms. The SMILES string of the molecule is CCCCC/C=C\C/C=C\C/C=C\C/C=C\C/C=C\CCC(=O)O[C@H](COC(=O)CCCCCC[C@H]1[C@@H](O)CC(=O)[C@@H]1/C=C/[C@@H](O)CCCCC)COP(=O)(O)OC[C@@H](O)COP(=O)(O)O. The maximum absolute atomic E-state index is 12.7. The highest BCUT2D eigenvalue weighted by Gasteiger charge is 2.39. The average molecular weight is 975 g/mol. The Labute approximate surface area is 393 Å². The van der Waals surface area contributed by atoms with Crippen molar-refractivity contribution in [2.45, 2.75) is 173 Å². The highest BCUT2D eigenvalue weighted by Crippen LogP contribution is 2.44. The van der Waals surface area contributed by atoms with Gasteiger partial charge in [0.2, 0.25) is 0 Å². The molecule has 0 amide bonds. The van der Waals surface area contributed by atoms with E-state index in [-0.39, 0.29) is 31.0 Å². The Morgan fingerprint density at radius 3 is 1.85 bits per heavy atom. The predicted octanol–water partition coefficient (Wildman–Crippen LogP) is 9.15. The van der Waals surface area contributed by atoms with Crippen LogP contribution in [0.15, 0.2) is 72.9 Å². The standard InChI is InChI=1S/C48H80O16P2/c1-3-5-7-8-9-10-11-12-13-14-15-16-17-18-19-20-21-22-28-32-48(54)64-42(39-63-66(58,59)62-37-41(50)36-61-65(55,56)57)38-60-47(53)31-27-24-23-26-30-43-44(46(52)35-45(43)51)34-33-40(49)29-25-6-4-2/h9-10,12-13,15-16,18-19,21-22,33-34,40-45,49-51H,3-8,11,14,17,20,23-32,35-39H2,1-2H3,(H,58,59)(H2,55,56,57)/b10-9-,13-12-,16-15-,19-18-,22-21-,34-33+/t40-,41-,42+,43+,44+,45-/m0/s1. The molecule has 0 aliphatic heterocycles. The molecule has 0 saturated heterocycles. The molecule has 1 unspecified atom stereocenters. The van der Waals surface area contributed by atoms with Gasteiger partial charge in [-0.1, -0.05) is 138 Å². The molecule has 0 radical (unpaired) electrons. The first-order chi connectivity index (χ1) is 31.6. The molecular weight excluding hydrogens is 894 g/mol. The van der Waals surface area contributed by atoms with Crippen LogP contribution in [-0.4, -0.2) is 98.6 Å². The Morgan fingerprint density at radius 1 is 0.667 bits per heavy atom. The summed E-state index contributed by atoms with van der Waals surface area (Å²) in [6.45, 7) is 1.28. The van der Waals surface area contributed by atoms with Crippen molar-refractivity contribution >= 4 is 33.4 Å². The summed E-state index contributed by atoms with van der Waals surface area (Å²) in [7, 11) is -9.80. The fourth-order valence-corrected chi connectivity index (χ4v) is 7.98. The van der Waals surface area contributed by atoms with Crippen molar-refractivity contribution in [2.75, 3.05) is 26.4 Å². The Hall–Kier alpha value is -2.85. The lowest BCUT2D eigenvalue weighted by atomic mass is 9.88. The van der Waals surface area contributed by atoms with Gasteiger partial charge in [-0.2, -0.15) is 0 Å². The Balaban J connectivity index is 2.57. The third kappa shape index (κ3) is 34.4. The van der Waals surface area contributed by atoms with Gasteiger partial charge in [-0.15, -0.1) is 0 Å². The zero-order valence-electron chi connectivity index (χ0n) is 39.2. The van der Waals surface area contributed by atoms with E-state index in [0.29, 0.717) is 38.5 Å². The third-order valence-electron chi connectivity index (χ3n) is 10.5. The Kier molecular flexibility index (Phi) is 35.3. The molecule has 6 N–H and O–H groups in total. The summed E-state index contributed by atoms with van der Waals surface area (Å²) in [5.41, 5.74) is 0. The average Bonchev–Trinajstić information content (AvgIpc) is 3.54. The summed E-state index contributed by atoms with van der Waals surface area (Å²) in [5, 5.41) is 30.6. The zero-order valence-corrected chi connectivity index (χ0v) is 41.0. The van der Waals surface area contributed by atoms with Crippen molar-refractivity contribution in [3.63, 3.8) is 0 Å². The van der Waals surface area contributed by atoms with Gasteiger partial charge in [-0.3, -0.25) is 28.0 Å². The molecule has 0 aromatic rings. The number of phosphoric ester groups is 2. The molecule has 1 saturated carbocycles. The number of phosphoric acid groups is 2. The lowest BCUT2D eigenvalue weighted by Gasteiger charge is -2.20. The van der Waals surface area contributed by atoms with Crippen molar-refractivity contribution < 1.29 is 76.6 Å². The van der Waals surface area contributed by atoms with Gasteiger partial charge >= 0.3 is 27.6 Å². The quantitative estimate of drug-likeness (QED) is 0.0145. The van der Waals surface area contributed by atoms with Crippen LogP contribution in [0.2, 0.25) is 0 Å². The van der Waals surface area contributed by atoms with E-state index < -0.39 is 84.3 Å². The highest BCUT2D eigenvalue weighted by molar-refractivity contribution is 7.47. The van der Waals surface area contributed by atoms with E-state index in [4.69, 9.17) is 23.8 Å². The number of hydrogen-bond donors (Lipinski definition) is 6. The zero-order chi connectivity index (χ0) is 48.9. The molecular formula is C48H80O16P2. The van der Waals surface area contributed by atoms with Crippen LogP contribution in [0.25, 0.3) is 0 Å². The number of carbonyl (C=O) groups excluding carboxylic acids is 3. The van der Waals surface area contributed by atoms with Gasteiger partial charge in [0.25, 0.3) is 0 Å². The van der Waals surface area contributed by atoms with Crippen LogP contribution in [0.5, 0.6) is 0 Å². The van der Waals surface area contributed by atoms with Crippen LogP contribution >= 0.6 is 15.6 Å². The molecule has 66 heavy (non-hydrogen) atoms. The smallest absolute Gasteiger partial charge is 0.462 e. The number of hydrogen-bond acceptors (Lipinski definition) is 13. The summed E-state index contributed by atoms with van der Waals surface area (Å²) in [4.78, 5) is 65.5. The van der Waals surface area contributed by atoms with E-state index in [1.54, 1.807) is 12.2 Å². The van der Waals surface area contributed by atoms with Crippen molar-refractivity contribution in [1.82, 2.24) is 0 Å². The Bertz CT molecular complexity index is 1600. The molecule has 1 rings (SSSR count). The number of aliphatic hydroxyl groups excluding tert-OH is 3. The molecule has 1 aliphatic carbocycles. The maximum Gasteiger partial charge on any atom is 0.472 e. The van der Waals surface area contributed by atoms with Crippen LogP contribution in [0.4, 0.5) is 0 Å². The lowest BCUT2D eigenvalue weighted by Crippen LogP contribution is -2.29. The summed E-state index contributed by atoms with van der Waals surface area (Å²) in [5.74, 6) is -2.00. The summed E-state index contributed by atoms with van der Waals surface area (Å²) in [6.07, 6.45) is 35.3. The molecule has 1 fully saturated rings. The van der Waals surface area contributed by atoms with Gasteiger partial charge in [0.15, 0.2) is 6.10 Å². The molecule has 0 aromatic carbocycles. The van der Waals surface area contributed by atoms with E-state index in [1.165, 1.54) is 19.3 Å².